The van der Waals surface area contributed by atoms with E-state index in [-0.39, 0.29) is 11.8 Å². The van der Waals surface area contributed by atoms with Crippen LogP contribution in [0.3, 0.4) is 0 Å². The molecule has 0 heterocycles. The predicted molar refractivity (Wildman–Crippen MR) is 121 cm³/mol. The number of aliphatic hydroxyl groups is 1. The van der Waals surface area contributed by atoms with Gasteiger partial charge in [-0.3, -0.25) is 4.79 Å². The van der Waals surface area contributed by atoms with Crippen molar-refractivity contribution in [2.24, 2.45) is 11.8 Å². The van der Waals surface area contributed by atoms with E-state index in [0.29, 0.717) is 18.9 Å². The number of carbonyl (C=O) groups is 2. The average molecular weight is 427 g/mol. The molecule has 1 fully saturated rings. The summed E-state index contributed by atoms with van der Waals surface area (Å²) < 4.78 is 5.40. The topological polar surface area (TPSA) is 87.7 Å². The Labute approximate surface area is 183 Å². The van der Waals surface area contributed by atoms with Crippen LogP contribution in [0.1, 0.15) is 105 Å². The van der Waals surface area contributed by atoms with Crippen molar-refractivity contribution in [2.75, 3.05) is 6.54 Å². The fraction of sp³-hybridized carbons (Fsp3) is 0.917. The second kappa shape index (κ2) is 13.9. The Morgan fingerprint density at radius 2 is 1.77 bits per heavy atom. The molecule has 0 radical (unpaired) electrons. The molecule has 2 amide bonds. The second-order valence-corrected chi connectivity index (χ2v) is 10.0. The summed E-state index contributed by atoms with van der Waals surface area (Å²) in [5.74, 6) is 0.163. The molecule has 0 saturated heterocycles. The van der Waals surface area contributed by atoms with Gasteiger partial charge in [-0.25, -0.2) is 4.79 Å². The minimum atomic E-state index is -0.778. The van der Waals surface area contributed by atoms with Gasteiger partial charge in [-0.05, 0) is 46.0 Å². The molecular weight excluding hydrogens is 380 g/mol. The molecule has 0 unspecified atom stereocenters. The van der Waals surface area contributed by atoms with Crippen molar-refractivity contribution in [3.8, 4) is 0 Å². The fourth-order valence-electron chi connectivity index (χ4n) is 4.12. The lowest BCUT2D eigenvalue weighted by Gasteiger charge is -2.31. The first-order valence-electron chi connectivity index (χ1n) is 12.1. The van der Waals surface area contributed by atoms with Gasteiger partial charge in [0.05, 0.1) is 12.1 Å². The van der Waals surface area contributed by atoms with Crippen molar-refractivity contribution in [1.82, 2.24) is 10.6 Å². The lowest BCUT2D eigenvalue weighted by molar-refractivity contribution is -0.125. The zero-order chi connectivity index (χ0) is 22.6. The first kappa shape index (κ1) is 26.7. The van der Waals surface area contributed by atoms with Crippen LogP contribution in [0.25, 0.3) is 0 Å². The zero-order valence-electron chi connectivity index (χ0n) is 20.0. The number of amides is 2. The monoisotopic (exact) mass is 426 g/mol. The summed E-state index contributed by atoms with van der Waals surface area (Å²) in [6.45, 7) is 10.2. The number of nitrogens with one attached hydrogen (secondary N) is 2. The van der Waals surface area contributed by atoms with E-state index in [2.05, 4.69) is 17.6 Å². The van der Waals surface area contributed by atoms with Crippen LogP contribution in [0.15, 0.2) is 0 Å². The van der Waals surface area contributed by atoms with Crippen molar-refractivity contribution in [2.45, 2.75) is 123 Å². The minimum Gasteiger partial charge on any atom is -0.444 e. The van der Waals surface area contributed by atoms with Crippen molar-refractivity contribution >= 4 is 12.0 Å². The number of unbranched alkanes of at least 4 members (excludes halogenated alkanes) is 3. The first-order chi connectivity index (χ1) is 14.1. The molecule has 0 aliphatic heterocycles. The number of hydrogen-bond acceptors (Lipinski definition) is 4. The lowest BCUT2D eigenvalue weighted by atomic mass is 9.82. The van der Waals surface area contributed by atoms with Gasteiger partial charge in [-0.2, -0.15) is 0 Å². The van der Waals surface area contributed by atoms with Crippen molar-refractivity contribution < 1.29 is 19.4 Å². The Kier molecular flexibility index (Phi) is 12.4. The number of alkyl carbamates (subject to hydrolysis) is 1. The Bertz CT molecular complexity index is 498. The van der Waals surface area contributed by atoms with Gasteiger partial charge in [0.15, 0.2) is 0 Å². The van der Waals surface area contributed by atoms with Crippen LogP contribution in [-0.2, 0) is 9.53 Å². The quantitative estimate of drug-likeness (QED) is 0.386. The number of hydrogen-bond donors (Lipinski definition) is 3. The summed E-state index contributed by atoms with van der Waals surface area (Å²) in [7, 11) is 0. The van der Waals surface area contributed by atoms with Crippen LogP contribution >= 0.6 is 0 Å². The molecule has 1 rings (SSSR count). The molecular formula is C24H46N2O4. The van der Waals surface area contributed by atoms with E-state index in [4.69, 9.17) is 4.74 Å². The maximum absolute atomic E-state index is 12.4. The van der Waals surface area contributed by atoms with E-state index >= 15 is 0 Å². The van der Waals surface area contributed by atoms with Crippen LogP contribution in [-0.4, -0.2) is 41.4 Å². The van der Waals surface area contributed by atoms with Crippen LogP contribution in [0.5, 0.6) is 0 Å². The number of carbonyl (C=O) groups excluding carboxylic acids is 2. The van der Waals surface area contributed by atoms with Crippen molar-refractivity contribution in [3.63, 3.8) is 0 Å². The Morgan fingerprint density at radius 3 is 2.37 bits per heavy atom. The molecule has 6 nitrogen and oxygen atoms in total. The average Bonchev–Trinajstić information content (AvgIpc) is 2.66. The van der Waals surface area contributed by atoms with E-state index < -0.39 is 23.8 Å². The van der Waals surface area contributed by atoms with Gasteiger partial charge in [-0.1, -0.05) is 65.2 Å². The summed E-state index contributed by atoms with van der Waals surface area (Å²) in [6.07, 6.45) is 10.2. The molecule has 1 saturated carbocycles. The van der Waals surface area contributed by atoms with Crippen LogP contribution in [0.4, 0.5) is 4.79 Å². The van der Waals surface area contributed by atoms with E-state index in [1.807, 2.05) is 27.7 Å². The zero-order valence-corrected chi connectivity index (χ0v) is 20.0. The van der Waals surface area contributed by atoms with Crippen molar-refractivity contribution in [1.29, 1.82) is 0 Å². The molecule has 0 aromatic heterocycles. The van der Waals surface area contributed by atoms with Gasteiger partial charge in [0.1, 0.15) is 5.60 Å². The minimum absolute atomic E-state index is 0.0285. The van der Waals surface area contributed by atoms with Crippen LogP contribution < -0.4 is 10.6 Å². The third-order valence-electron chi connectivity index (χ3n) is 5.85. The fourth-order valence-corrected chi connectivity index (χ4v) is 4.12. The summed E-state index contributed by atoms with van der Waals surface area (Å²) in [5.41, 5.74) is -0.588. The third-order valence-corrected chi connectivity index (χ3v) is 5.85. The van der Waals surface area contributed by atoms with E-state index in [1.165, 1.54) is 32.1 Å². The third kappa shape index (κ3) is 11.8. The molecule has 6 heteroatoms. The summed E-state index contributed by atoms with van der Waals surface area (Å²) >= 11 is 0. The number of ether oxygens (including phenoxy) is 1. The highest BCUT2D eigenvalue weighted by Crippen LogP contribution is 2.29. The normalized spacial score (nSPS) is 18.3. The highest BCUT2D eigenvalue weighted by atomic mass is 16.6. The van der Waals surface area contributed by atoms with E-state index in [9.17, 15) is 14.7 Å². The molecule has 3 N–H and O–H groups in total. The SMILES string of the molecule is CCCCCCNC(=O)[C@H](C)C[C@H](O)[C@H](CC1CCCCC1)NC(=O)OC(C)(C)C. The van der Waals surface area contributed by atoms with Crippen LogP contribution in [0.2, 0.25) is 0 Å². The van der Waals surface area contributed by atoms with E-state index in [0.717, 1.165) is 32.1 Å². The standard InChI is InChI=1S/C24H46N2O4/c1-6-7-8-12-15-25-22(28)18(2)16-21(27)20(17-19-13-10-9-11-14-19)26-23(29)30-24(3,4)5/h18-21,27H,6-17H2,1-5H3,(H,25,28)(H,26,29)/t18-,20+,21+/m1/s1. The van der Waals surface area contributed by atoms with Gasteiger partial charge < -0.3 is 20.5 Å². The Hall–Kier alpha value is -1.30. The molecule has 30 heavy (non-hydrogen) atoms. The highest BCUT2D eigenvalue weighted by molar-refractivity contribution is 5.78. The van der Waals surface area contributed by atoms with E-state index in [1.54, 1.807) is 0 Å². The Morgan fingerprint density at radius 1 is 1.10 bits per heavy atom. The smallest absolute Gasteiger partial charge is 0.407 e. The number of rotatable bonds is 12. The molecule has 0 aromatic rings. The predicted octanol–water partition coefficient (Wildman–Crippen LogP) is 4.93. The van der Waals surface area contributed by atoms with Crippen molar-refractivity contribution in [3.05, 3.63) is 0 Å². The Balaban J connectivity index is 2.60. The molecule has 0 spiro atoms. The second-order valence-electron chi connectivity index (χ2n) is 10.0. The maximum atomic E-state index is 12.4. The summed E-state index contributed by atoms with van der Waals surface area (Å²) in [5, 5.41) is 16.8. The molecule has 0 aromatic carbocycles. The summed E-state index contributed by atoms with van der Waals surface area (Å²) in [4.78, 5) is 24.7. The van der Waals surface area contributed by atoms with Gasteiger partial charge >= 0.3 is 6.09 Å². The molecule has 176 valence electrons. The van der Waals surface area contributed by atoms with Gasteiger partial charge in [0.2, 0.25) is 5.91 Å². The highest BCUT2D eigenvalue weighted by Gasteiger charge is 2.30. The van der Waals surface area contributed by atoms with Gasteiger partial charge in [0, 0.05) is 12.5 Å². The summed E-state index contributed by atoms with van der Waals surface area (Å²) in [6, 6.07) is -0.400. The first-order valence-corrected chi connectivity index (χ1v) is 12.1. The molecule has 1 aliphatic carbocycles. The van der Waals surface area contributed by atoms with Crippen LogP contribution in [0, 0.1) is 11.8 Å². The van der Waals surface area contributed by atoms with Gasteiger partial charge in [-0.15, -0.1) is 0 Å². The largest absolute Gasteiger partial charge is 0.444 e. The lowest BCUT2D eigenvalue weighted by Crippen LogP contribution is -2.47. The molecule has 3 atom stereocenters. The maximum Gasteiger partial charge on any atom is 0.407 e. The van der Waals surface area contributed by atoms with Gasteiger partial charge in [0.25, 0.3) is 0 Å². The number of aliphatic hydroxyl groups excluding tert-OH is 1. The molecule has 0 bridgehead atoms. The molecule has 1 aliphatic rings.